The van der Waals surface area contributed by atoms with Crippen molar-refractivity contribution in [1.29, 1.82) is 0 Å². The molecular weight excluding hydrogens is 441 g/mol. The first kappa shape index (κ1) is 18.6. The minimum atomic E-state index is -0.219. The highest BCUT2D eigenvalue weighted by molar-refractivity contribution is 14.1. The second-order valence-corrected chi connectivity index (χ2v) is 6.34. The molecular formula is C18H17ClINO3. The molecule has 6 heteroatoms. The van der Waals surface area contributed by atoms with E-state index in [1.54, 1.807) is 18.2 Å². The van der Waals surface area contributed by atoms with E-state index in [-0.39, 0.29) is 5.91 Å². The van der Waals surface area contributed by atoms with Crippen molar-refractivity contribution < 1.29 is 14.3 Å². The van der Waals surface area contributed by atoms with Crippen LogP contribution in [-0.2, 0) is 4.79 Å². The fourth-order valence-electron chi connectivity index (χ4n) is 2.05. The molecule has 4 nitrogen and oxygen atoms in total. The van der Waals surface area contributed by atoms with E-state index in [0.717, 1.165) is 14.8 Å². The highest BCUT2D eigenvalue weighted by Crippen LogP contribution is 2.36. The van der Waals surface area contributed by atoms with Crippen LogP contribution in [0.3, 0.4) is 0 Å². The number of ether oxygens (including phenoxy) is 2. The van der Waals surface area contributed by atoms with E-state index in [1.807, 2.05) is 31.2 Å². The van der Waals surface area contributed by atoms with Gasteiger partial charge < -0.3 is 14.8 Å². The van der Waals surface area contributed by atoms with Gasteiger partial charge in [0.05, 0.1) is 24.4 Å². The third kappa shape index (κ3) is 4.88. The summed E-state index contributed by atoms with van der Waals surface area (Å²) in [6.07, 6.45) is 3.13. The lowest BCUT2D eigenvalue weighted by atomic mass is 10.2. The van der Waals surface area contributed by atoms with Gasteiger partial charge in [0.1, 0.15) is 0 Å². The van der Waals surface area contributed by atoms with Crippen LogP contribution >= 0.6 is 34.2 Å². The minimum absolute atomic E-state index is 0.219. The van der Waals surface area contributed by atoms with Crippen molar-refractivity contribution in [3.63, 3.8) is 0 Å². The Balaban J connectivity index is 2.16. The maximum atomic E-state index is 12.1. The molecule has 0 aliphatic rings. The number of nitrogens with one attached hydrogen (secondary N) is 1. The molecule has 126 valence electrons. The van der Waals surface area contributed by atoms with Crippen LogP contribution in [0, 0.1) is 3.57 Å². The number of benzene rings is 2. The van der Waals surface area contributed by atoms with Crippen molar-refractivity contribution >= 4 is 51.9 Å². The number of rotatable bonds is 6. The second kappa shape index (κ2) is 8.94. The third-order valence-electron chi connectivity index (χ3n) is 3.09. The van der Waals surface area contributed by atoms with Gasteiger partial charge in [-0.3, -0.25) is 4.79 Å². The Labute approximate surface area is 159 Å². The largest absolute Gasteiger partial charge is 0.491 e. The molecule has 0 aliphatic heterocycles. The Kier molecular flexibility index (Phi) is 6.93. The lowest BCUT2D eigenvalue weighted by Crippen LogP contribution is -2.08. The molecule has 1 N–H and O–H groups in total. The van der Waals surface area contributed by atoms with Gasteiger partial charge in [-0.05, 0) is 65.4 Å². The number of anilines is 1. The first-order valence-electron chi connectivity index (χ1n) is 7.29. The molecule has 0 aromatic heterocycles. The highest BCUT2D eigenvalue weighted by Gasteiger charge is 2.10. The second-order valence-electron chi connectivity index (χ2n) is 4.77. The highest BCUT2D eigenvalue weighted by atomic mass is 127. The van der Waals surface area contributed by atoms with Crippen LogP contribution in [0.2, 0.25) is 5.02 Å². The summed E-state index contributed by atoms with van der Waals surface area (Å²) in [5.41, 5.74) is 1.53. The van der Waals surface area contributed by atoms with E-state index in [9.17, 15) is 4.79 Å². The molecule has 0 fully saturated rings. The predicted molar refractivity (Wildman–Crippen MR) is 106 cm³/mol. The monoisotopic (exact) mass is 457 g/mol. The number of methoxy groups -OCH3 is 1. The summed E-state index contributed by atoms with van der Waals surface area (Å²) in [5.74, 6) is 0.813. The Bertz CT molecular complexity index is 762. The smallest absolute Gasteiger partial charge is 0.248 e. The molecule has 2 aromatic carbocycles. The van der Waals surface area contributed by atoms with E-state index in [1.165, 1.54) is 13.2 Å². The summed E-state index contributed by atoms with van der Waals surface area (Å²) in [4.78, 5) is 12.1. The van der Waals surface area contributed by atoms with Crippen LogP contribution in [0.4, 0.5) is 5.69 Å². The average molecular weight is 458 g/mol. The van der Waals surface area contributed by atoms with Crippen molar-refractivity contribution in [2.75, 3.05) is 19.0 Å². The standard InChI is InChI=1S/C18H17ClINO3/c1-3-24-16-11-12(10-13(19)18(16)23-2)8-9-17(22)21-15-7-5-4-6-14(15)20/h4-11H,3H2,1-2H3,(H,21,22)/b9-8+. The third-order valence-corrected chi connectivity index (χ3v) is 4.32. The van der Waals surface area contributed by atoms with E-state index < -0.39 is 0 Å². The molecule has 0 spiro atoms. The fourth-order valence-corrected chi connectivity index (χ4v) is 2.87. The lowest BCUT2D eigenvalue weighted by Gasteiger charge is -2.11. The summed E-state index contributed by atoms with van der Waals surface area (Å²) in [6, 6.07) is 11.1. The summed E-state index contributed by atoms with van der Waals surface area (Å²) >= 11 is 8.37. The number of amides is 1. The van der Waals surface area contributed by atoms with Crippen molar-refractivity contribution in [2.45, 2.75) is 6.92 Å². The van der Waals surface area contributed by atoms with Crippen molar-refractivity contribution in [2.24, 2.45) is 0 Å². The number of halogens is 2. The molecule has 0 heterocycles. The van der Waals surface area contributed by atoms with Crippen molar-refractivity contribution in [1.82, 2.24) is 0 Å². The van der Waals surface area contributed by atoms with Gasteiger partial charge >= 0.3 is 0 Å². The van der Waals surface area contributed by atoms with Crippen LogP contribution in [0.5, 0.6) is 11.5 Å². The normalized spacial score (nSPS) is 10.7. The molecule has 0 atom stereocenters. The number of carbonyl (C=O) groups is 1. The summed E-state index contributed by atoms with van der Waals surface area (Å²) in [5, 5.41) is 3.27. The van der Waals surface area contributed by atoms with Gasteiger partial charge in [0.15, 0.2) is 11.5 Å². The number of carbonyl (C=O) groups excluding carboxylic acids is 1. The Hall–Kier alpha value is -1.73. The number of hydrogen-bond acceptors (Lipinski definition) is 3. The van der Waals surface area contributed by atoms with Crippen LogP contribution in [0.1, 0.15) is 12.5 Å². The van der Waals surface area contributed by atoms with E-state index in [4.69, 9.17) is 21.1 Å². The zero-order valence-corrected chi connectivity index (χ0v) is 16.2. The molecule has 0 radical (unpaired) electrons. The van der Waals surface area contributed by atoms with E-state index in [2.05, 4.69) is 27.9 Å². The zero-order valence-electron chi connectivity index (χ0n) is 13.3. The lowest BCUT2D eigenvalue weighted by molar-refractivity contribution is -0.111. The average Bonchev–Trinajstić information content (AvgIpc) is 2.55. The molecule has 2 aromatic rings. The Morgan fingerprint density at radius 2 is 2.08 bits per heavy atom. The Morgan fingerprint density at radius 3 is 2.75 bits per heavy atom. The van der Waals surface area contributed by atoms with E-state index in [0.29, 0.717) is 23.1 Å². The van der Waals surface area contributed by atoms with Crippen LogP contribution in [0.25, 0.3) is 6.08 Å². The molecule has 2 rings (SSSR count). The topological polar surface area (TPSA) is 47.6 Å². The van der Waals surface area contributed by atoms with Gasteiger partial charge in [0.25, 0.3) is 0 Å². The fraction of sp³-hybridized carbons (Fsp3) is 0.167. The molecule has 0 bridgehead atoms. The molecule has 0 saturated heterocycles. The SMILES string of the molecule is CCOc1cc(/C=C/C(=O)Nc2ccccc2I)cc(Cl)c1OC. The van der Waals surface area contributed by atoms with Gasteiger partial charge in [-0.2, -0.15) is 0 Å². The van der Waals surface area contributed by atoms with Crippen LogP contribution in [-0.4, -0.2) is 19.6 Å². The van der Waals surface area contributed by atoms with Crippen LogP contribution in [0.15, 0.2) is 42.5 Å². The maximum Gasteiger partial charge on any atom is 0.248 e. The quantitative estimate of drug-likeness (QED) is 0.490. The molecule has 1 amide bonds. The molecule has 0 saturated carbocycles. The van der Waals surface area contributed by atoms with Crippen molar-refractivity contribution in [3.8, 4) is 11.5 Å². The number of hydrogen-bond donors (Lipinski definition) is 1. The first-order valence-corrected chi connectivity index (χ1v) is 8.74. The summed E-state index contributed by atoms with van der Waals surface area (Å²) in [7, 11) is 1.54. The minimum Gasteiger partial charge on any atom is -0.491 e. The Morgan fingerprint density at radius 1 is 1.33 bits per heavy atom. The summed E-state index contributed by atoms with van der Waals surface area (Å²) in [6.45, 7) is 2.37. The summed E-state index contributed by atoms with van der Waals surface area (Å²) < 4.78 is 11.7. The van der Waals surface area contributed by atoms with Crippen LogP contribution < -0.4 is 14.8 Å². The number of para-hydroxylation sites is 1. The maximum absolute atomic E-state index is 12.1. The molecule has 0 aliphatic carbocycles. The van der Waals surface area contributed by atoms with E-state index >= 15 is 0 Å². The van der Waals surface area contributed by atoms with Crippen molar-refractivity contribution in [3.05, 3.63) is 56.6 Å². The molecule has 24 heavy (non-hydrogen) atoms. The van der Waals surface area contributed by atoms with Gasteiger partial charge in [0, 0.05) is 9.65 Å². The first-order chi connectivity index (χ1) is 11.5. The molecule has 0 unspecified atom stereocenters. The predicted octanol–water partition coefficient (Wildman–Crippen LogP) is 5.00. The van der Waals surface area contributed by atoms with Gasteiger partial charge in [-0.25, -0.2) is 0 Å². The van der Waals surface area contributed by atoms with Gasteiger partial charge in [0.2, 0.25) is 5.91 Å². The van der Waals surface area contributed by atoms with Gasteiger partial charge in [-0.1, -0.05) is 23.7 Å². The van der Waals surface area contributed by atoms with Gasteiger partial charge in [-0.15, -0.1) is 0 Å². The zero-order chi connectivity index (χ0) is 17.5.